The number of anilines is 1. The molecule has 0 aliphatic heterocycles. The maximum Gasteiger partial charge on any atom is 0.258 e. The van der Waals surface area contributed by atoms with E-state index in [1.807, 2.05) is 6.92 Å². The number of phenols is 1. The third kappa shape index (κ3) is 3.06. The summed E-state index contributed by atoms with van der Waals surface area (Å²) in [6.07, 6.45) is 0. The fraction of sp³-hybridized carbons (Fsp3) is 0.133. The van der Waals surface area contributed by atoms with Crippen LogP contribution < -0.4 is 10.1 Å². The van der Waals surface area contributed by atoms with Crippen LogP contribution in [-0.2, 0) is 0 Å². The topological polar surface area (TPSA) is 58.6 Å². The summed E-state index contributed by atoms with van der Waals surface area (Å²) in [5.74, 6) is -1.10. The first-order valence-corrected chi connectivity index (χ1v) is 6.13. The predicted octanol–water partition coefficient (Wildman–Crippen LogP) is 3.18. The first-order chi connectivity index (χ1) is 9.61. The summed E-state index contributed by atoms with van der Waals surface area (Å²) in [5, 5.41) is 11.7. The van der Waals surface area contributed by atoms with E-state index in [9.17, 15) is 9.18 Å². The molecule has 0 atom stereocenters. The lowest BCUT2D eigenvalue weighted by Gasteiger charge is -2.11. The summed E-state index contributed by atoms with van der Waals surface area (Å²) in [7, 11) is 0. The van der Waals surface area contributed by atoms with Gasteiger partial charge in [-0.1, -0.05) is 12.1 Å². The van der Waals surface area contributed by atoms with E-state index in [4.69, 9.17) is 9.84 Å². The lowest BCUT2D eigenvalue weighted by atomic mass is 10.2. The predicted molar refractivity (Wildman–Crippen MR) is 73.6 cm³/mol. The third-order valence-corrected chi connectivity index (χ3v) is 2.63. The molecule has 2 N–H and O–H groups in total. The van der Waals surface area contributed by atoms with Crippen molar-refractivity contribution >= 4 is 11.6 Å². The van der Waals surface area contributed by atoms with Crippen molar-refractivity contribution in [3.63, 3.8) is 0 Å². The quantitative estimate of drug-likeness (QED) is 0.901. The van der Waals surface area contributed by atoms with E-state index < -0.39 is 11.7 Å². The van der Waals surface area contributed by atoms with Crippen LogP contribution in [0.2, 0.25) is 0 Å². The Morgan fingerprint density at radius 3 is 2.75 bits per heavy atom. The summed E-state index contributed by atoms with van der Waals surface area (Å²) >= 11 is 0. The standard InChI is InChI=1S/C15H14FNO3/c1-2-20-14-6-4-3-5-13(14)17-15(19)11-8-7-10(18)9-12(11)16/h3-9,18H,2H2,1H3,(H,17,19). The SMILES string of the molecule is CCOc1ccccc1NC(=O)c1ccc(O)cc1F. The lowest BCUT2D eigenvalue weighted by Crippen LogP contribution is -2.14. The third-order valence-electron chi connectivity index (χ3n) is 2.63. The molecule has 0 bridgehead atoms. The number of hydrogen-bond donors (Lipinski definition) is 2. The first kappa shape index (κ1) is 13.9. The molecule has 4 nitrogen and oxygen atoms in total. The number of carbonyl (C=O) groups excluding carboxylic acids is 1. The number of halogens is 1. The molecule has 0 fully saturated rings. The highest BCUT2D eigenvalue weighted by Gasteiger charge is 2.14. The fourth-order valence-electron chi connectivity index (χ4n) is 1.73. The van der Waals surface area contributed by atoms with Crippen molar-refractivity contribution in [1.29, 1.82) is 0 Å². The van der Waals surface area contributed by atoms with Crippen LogP contribution in [0.15, 0.2) is 42.5 Å². The van der Waals surface area contributed by atoms with Gasteiger partial charge < -0.3 is 15.2 Å². The lowest BCUT2D eigenvalue weighted by molar-refractivity contribution is 0.102. The molecule has 0 aliphatic rings. The summed E-state index contributed by atoms with van der Waals surface area (Å²) in [6, 6.07) is 10.3. The average molecular weight is 275 g/mol. The minimum atomic E-state index is -0.781. The van der Waals surface area contributed by atoms with Crippen molar-refractivity contribution in [3.8, 4) is 11.5 Å². The van der Waals surface area contributed by atoms with Gasteiger partial charge in [0, 0.05) is 6.07 Å². The molecule has 2 aromatic rings. The molecule has 0 heterocycles. The zero-order valence-electron chi connectivity index (χ0n) is 10.9. The van der Waals surface area contributed by atoms with E-state index in [1.54, 1.807) is 24.3 Å². The van der Waals surface area contributed by atoms with Crippen molar-refractivity contribution in [2.24, 2.45) is 0 Å². The van der Waals surface area contributed by atoms with Gasteiger partial charge >= 0.3 is 0 Å². The monoisotopic (exact) mass is 275 g/mol. The average Bonchev–Trinajstić information content (AvgIpc) is 2.41. The fourth-order valence-corrected chi connectivity index (χ4v) is 1.73. The molecule has 0 aliphatic carbocycles. The van der Waals surface area contributed by atoms with Gasteiger partial charge in [0.1, 0.15) is 17.3 Å². The highest BCUT2D eigenvalue weighted by Crippen LogP contribution is 2.25. The molecule has 0 saturated carbocycles. The van der Waals surface area contributed by atoms with Gasteiger partial charge in [-0.15, -0.1) is 0 Å². The van der Waals surface area contributed by atoms with Gasteiger partial charge in [-0.25, -0.2) is 4.39 Å². The highest BCUT2D eigenvalue weighted by atomic mass is 19.1. The van der Waals surface area contributed by atoms with Crippen LogP contribution in [0.3, 0.4) is 0 Å². The van der Waals surface area contributed by atoms with Crippen LogP contribution in [0.5, 0.6) is 11.5 Å². The van der Waals surface area contributed by atoms with Crippen molar-refractivity contribution in [1.82, 2.24) is 0 Å². The number of rotatable bonds is 4. The Bertz CT molecular complexity index is 628. The number of benzene rings is 2. The zero-order valence-corrected chi connectivity index (χ0v) is 10.9. The van der Waals surface area contributed by atoms with Crippen molar-refractivity contribution in [3.05, 3.63) is 53.8 Å². The smallest absolute Gasteiger partial charge is 0.258 e. The number of aromatic hydroxyl groups is 1. The summed E-state index contributed by atoms with van der Waals surface area (Å²) in [4.78, 5) is 12.0. The number of ether oxygens (including phenoxy) is 1. The van der Waals surface area contributed by atoms with Gasteiger partial charge in [-0.3, -0.25) is 4.79 Å². The molecule has 0 aromatic heterocycles. The Balaban J connectivity index is 2.23. The Kier molecular flexibility index (Phi) is 4.20. The maximum absolute atomic E-state index is 13.6. The van der Waals surface area contributed by atoms with Crippen LogP contribution in [0, 0.1) is 5.82 Å². The molecule has 0 saturated heterocycles. The molecule has 2 aromatic carbocycles. The van der Waals surface area contributed by atoms with Gasteiger partial charge in [-0.05, 0) is 31.2 Å². The van der Waals surface area contributed by atoms with Crippen LogP contribution in [0.25, 0.3) is 0 Å². The Labute approximate surface area is 115 Å². The Morgan fingerprint density at radius 2 is 2.05 bits per heavy atom. The summed E-state index contributed by atoms with van der Waals surface area (Å²) in [5.41, 5.74) is 0.320. The van der Waals surface area contributed by atoms with E-state index in [0.717, 1.165) is 6.07 Å². The first-order valence-electron chi connectivity index (χ1n) is 6.13. The molecule has 0 radical (unpaired) electrons. The maximum atomic E-state index is 13.6. The van der Waals surface area contributed by atoms with E-state index in [2.05, 4.69) is 5.32 Å². The molecule has 2 rings (SSSR count). The second kappa shape index (κ2) is 6.06. The van der Waals surface area contributed by atoms with Gasteiger partial charge in [0.05, 0.1) is 17.9 Å². The molecule has 0 spiro atoms. The molecule has 0 unspecified atom stereocenters. The number of nitrogens with one attached hydrogen (secondary N) is 1. The molecule has 20 heavy (non-hydrogen) atoms. The van der Waals surface area contributed by atoms with Gasteiger partial charge in [0.2, 0.25) is 0 Å². The van der Waals surface area contributed by atoms with Crippen molar-refractivity contribution in [2.45, 2.75) is 6.92 Å². The Morgan fingerprint density at radius 1 is 1.30 bits per heavy atom. The van der Waals surface area contributed by atoms with E-state index in [1.165, 1.54) is 12.1 Å². The van der Waals surface area contributed by atoms with Crippen molar-refractivity contribution < 1.29 is 19.0 Å². The van der Waals surface area contributed by atoms with Crippen molar-refractivity contribution in [2.75, 3.05) is 11.9 Å². The molecule has 1 amide bonds. The van der Waals surface area contributed by atoms with E-state index >= 15 is 0 Å². The van der Waals surface area contributed by atoms with Gasteiger partial charge in [0.25, 0.3) is 5.91 Å². The summed E-state index contributed by atoms with van der Waals surface area (Å²) < 4.78 is 19.0. The number of para-hydroxylation sites is 2. The van der Waals surface area contributed by atoms with Crippen LogP contribution >= 0.6 is 0 Å². The molecule has 5 heteroatoms. The largest absolute Gasteiger partial charge is 0.508 e. The Hall–Kier alpha value is -2.56. The normalized spacial score (nSPS) is 10.1. The summed E-state index contributed by atoms with van der Waals surface area (Å²) in [6.45, 7) is 2.29. The zero-order chi connectivity index (χ0) is 14.5. The van der Waals surface area contributed by atoms with E-state index in [-0.39, 0.29) is 11.3 Å². The minimum absolute atomic E-state index is 0.144. The number of carbonyl (C=O) groups is 1. The highest BCUT2D eigenvalue weighted by molar-refractivity contribution is 6.05. The minimum Gasteiger partial charge on any atom is -0.508 e. The second-order valence-electron chi connectivity index (χ2n) is 4.05. The van der Waals surface area contributed by atoms with Crippen LogP contribution in [-0.4, -0.2) is 17.6 Å². The molecular formula is C15H14FNO3. The number of hydrogen-bond acceptors (Lipinski definition) is 3. The number of phenolic OH excluding ortho intramolecular Hbond substituents is 1. The number of amides is 1. The van der Waals surface area contributed by atoms with Gasteiger partial charge in [0.15, 0.2) is 0 Å². The molecular weight excluding hydrogens is 261 g/mol. The van der Waals surface area contributed by atoms with E-state index in [0.29, 0.717) is 18.0 Å². The second-order valence-corrected chi connectivity index (χ2v) is 4.05. The molecule has 104 valence electrons. The van der Waals surface area contributed by atoms with Crippen LogP contribution in [0.1, 0.15) is 17.3 Å². The van der Waals surface area contributed by atoms with Gasteiger partial charge in [-0.2, -0.15) is 0 Å². The van der Waals surface area contributed by atoms with Crippen LogP contribution in [0.4, 0.5) is 10.1 Å².